The van der Waals surface area contributed by atoms with E-state index in [1.165, 1.54) is 17.8 Å². The molecule has 4 nitrogen and oxygen atoms in total. The van der Waals surface area contributed by atoms with Crippen molar-refractivity contribution in [3.05, 3.63) is 64.1 Å². The quantitative estimate of drug-likeness (QED) is 0.839. The fourth-order valence-electron chi connectivity index (χ4n) is 1.63. The zero-order chi connectivity index (χ0) is 12.8. The molecule has 2 rings (SSSR count). The van der Waals surface area contributed by atoms with E-state index < -0.39 is 0 Å². The van der Waals surface area contributed by atoms with Gasteiger partial charge in [-0.05, 0) is 5.56 Å². The Morgan fingerprint density at radius 2 is 2.00 bits per heavy atom. The lowest BCUT2D eigenvalue weighted by atomic mass is 10.2. The average molecular weight is 245 g/mol. The van der Waals surface area contributed by atoms with Gasteiger partial charge in [0.15, 0.2) is 5.75 Å². The molecule has 0 saturated heterocycles. The molecule has 0 radical (unpaired) electrons. The van der Waals surface area contributed by atoms with Crippen LogP contribution in [0.25, 0.3) is 0 Å². The standard InChI is InChI=1S/C14H15NO3/c16-10-12-8-13(17)14(9-15-12)18-7-6-11-4-2-1-3-5-11/h1-5,8-9,16H,6-7,10H2,(H,15,17). The van der Waals surface area contributed by atoms with E-state index in [4.69, 9.17) is 9.84 Å². The summed E-state index contributed by atoms with van der Waals surface area (Å²) in [5.41, 5.74) is 1.43. The Bertz CT molecular complexity index is 548. The molecule has 0 amide bonds. The second kappa shape index (κ2) is 6.02. The number of H-pyrrole nitrogens is 1. The van der Waals surface area contributed by atoms with Gasteiger partial charge in [0, 0.05) is 24.4 Å². The fourth-order valence-corrected chi connectivity index (χ4v) is 1.63. The van der Waals surface area contributed by atoms with Gasteiger partial charge < -0.3 is 14.8 Å². The van der Waals surface area contributed by atoms with E-state index in [1.54, 1.807) is 0 Å². The SMILES string of the molecule is O=c1cc(CO)[nH]cc1OCCc1ccccc1. The number of aliphatic hydroxyl groups excluding tert-OH is 1. The highest BCUT2D eigenvalue weighted by molar-refractivity contribution is 5.20. The molecule has 4 heteroatoms. The largest absolute Gasteiger partial charge is 0.488 e. The molecule has 0 atom stereocenters. The molecular weight excluding hydrogens is 230 g/mol. The molecule has 0 bridgehead atoms. The van der Waals surface area contributed by atoms with Crippen molar-refractivity contribution in [2.24, 2.45) is 0 Å². The van der Waals surface area contributed by atoms with Gasteiger partial charge in [-0.15, -0.1) is 0 Å². The van der Waals surface area contributed by atoms with Crippen LogP contribution in [0.15, 0.2) is 47.4 Å². The molecule has 1 aromatic carbocycles. The van der Waals surface area contributed by atoms with E-state index in [0.717, 1.165) is 6.42 Å². The minimum Gasteiger partial charge on any atom is -0.488 e. The first-order valence-corrected chi connectivity index (χ1v) is 5.79. The van der Waals surface area contributed by atoms with Gasteiger partial charge in [-0.1, -0.05) is 30.3 Å². The number of rotatable bonds is 5. The predicted octanol–water partition coefficient (Wildman–Crippen LogP) is 1.49. The maximum Gasteiger partial charge on any atom is 0.223 e. The third-order valence-electron chi connectivity index (χ3n) is 2.60. The van der Waals surface area contributed by atoms with Crippen LogP contribution in [0, 0.1) is 0 Å². The summed E-state index contributed by atoms with van der Waals surface area (Å²) in [7, 11) is 0. The summed E-state index contributed by atoms with van der Waals surface area (Å²) in [4.78, 5) is 14.4. The molecule has 1 heterocycles. The summed E-state index contributed by atoms with van der Waals surface area (Å²) < 4.78 is 5.41. The number of hydrogen-bond donors (Lipinski definition) is 2. The lowest BCUT2D eigenvalue weighted by Gasteiger charge is -2.06. The third kappa shape index (κ3) is 3.21. The van der Waals surface area contributed by atoms with Crippen LogP contribution in [-0.4, -0.2) is 16.7 Å². The number of hydrogen-bond acceptors (Lipinski definition) is 3. The summed E-state index contributed by atoms with van der Waals surface area (Å²) in [5.74, 6) is 0.281. The van der Waals surface area contributed by atoms with Crippen molar-refractivity contribution in [2.45, 2.75) is 13.0 Å². The molecule has 2 aromatic rings. The van der Waals surface area contributed by atoms with E-state index in [2.05, 4.69) is 4.98 Å². The van der Waals surface area contributed by atoms with Crippen LogP contribution < -0.4 is 10.2 Å². The zero-order valence-corrected chi connectivity index (χ0v) is 9.93. The van der Waals surface area contributed by atoms with Crippen LogP contribution >= 0.6 is 0 Å². The van der Waals surface area contributed by atoms with Crippen LogP contribution in [0.1, 0.15) is 11.3 Å². The minimum absolute atomic E-state index is 0.181. The molecule has 0 unspecified atom stereocenters. The normalized spacial score (nSPS) is 10.3. The number of aromatic nitrogens is 1. The van der Waals surface area contributed by atoms with E-state index >= 15 is 0 Å². The molecule has 1 aromatic heterocycles. The second-order valence-corrected chi connectivity index (χ2v) is 3.93. The Hall–Kier alpha value is -2.07. The smallest absolute Gasteiger partial charge is 0.223 e. The monoisotopic (exact) mass is 245 g/mol. The number of benzene rings is 1. The first kappa shape index (κ1) is 12.4. The van der Waals surface area contributed by atoms with Gasteiger partial charge >= 0.3 is 0 Å². The highest BCUT2D eigenvalue weighted by atomic mass is 16.5. The zero-order valence-electron chi connectivity index (χ0n) is 9.93. The summed E-state index contributed by atoms with van der Waals surface area (Å²) in [5, 5.41) is 8.87. The minimum atomic E-state index is -0.217. The second-order valence-electron chi connectivity index (χ2n) is 3.93. The number of aromatic amines is 1. The van der Waals surface area contributed by atoms with Crippen LogP contribution in [-0.2, 0) is 13.0 Å². The van der Waals surface area contributed by atoms with Gasteiger partial charge in [0.25, 0.3) is 0 Å². The van der Waals surface area contributed by atoms with Gasteiger partial charge in [-0.25, -0.2) is 0 Å². The first-order chi connectivity index (χ1) is 8.79. The van der Waals surface area contributed by atoms with E-state index in [1.807, 2.05) is 30.3 Å². The molecule has 0 aliphatic rings. The fraction of sp³-hybridized carbons (Fsp3) is 0.214. The topological polar surface area (TPSA) is 62.3 Å². The van der Waals surface area contributed by atoms with Crippen molar-refractivity contribution in [1.29, 1.82) is 0 Å². The van der Waals surface area contributed by atoms with Gasteiger partial charge in [0.2, 0.25) is 5.43 Å². The molecule has 0 spiro atoms. The molecule has 0 fully saturated rings. The van der Waals surface area contributed by atoms with Crippen LogP contribution in [0.5, 0.6) is 5.75 Å². The number of ether oxygens (including phenoxy) is 1. The Kier molecular flexibility index (Phi) is 4.15. The number of aliphatic hydroxyl groups is 1. The van der Waals surface area contributed by atoms with Crippen molar-refractivity contribution < 1.29 is 9.84 Å². The van der Waals surface area contributed by atoms with Crippen LogP contribution in [0.4, 0.5) is 0 Å². The molecular formula is C14H15NO3. The highest BCUT2D eigenvalue weighted by Gasteiger charge is 2.02. The van der Waals surface area contributed by atoms with Crippen molar-refractivity contribution in [3.63, 3.8) is 0 Å². The third-order valence-corrected chi connectivity index (χ3v) is 2.60. The Morgan fingerprint density at radius 3 is 2.67 bits per heavy atom. The van der Waals surface area contributed by atoms with E-state index in [0.29, 0.717) is 12.3 Å². The lowest BCUT2D eigenvalue weighted by Crippen LogP contribution is -2.11. The van der Waals surface area contributed by atoms with Crippen LogP contribution in [0.2, 0.25) is 0 Å². The molecule has 0 aliphatic heterocycles. The van der Waals surface area contributed by atoms with Crippen molar-refractivity contribution in [3.8, 4) is 5.75 Å². The van der Waals surface area contributed by atoms with Gasteiger partial charge in [-0.3, -0.25) is 4.79 Å². The van der Waals surface area contributed by atoms with E-state index in [9.17, 15) is 4.79 Å². The average Bonchev–Trinajstić information content (AvgIpc) is 2.42. The molecule has 0 saturated carbocycles. The number of nitrogens with one attached hydrogen (secondary N) is 1. The predicted molar refractivity (Wildman–Crippen MR) is 68.6 cm³/mol. The molecule has 18 heavy (non-hydrogen) atoms. The summed E-state index contributed by atoms with van der Waals surface area (Å²) in [6.07, 6.45) is 2.24. The van der Waals surface area contributed by atoms with Crippen molar-refractivity contribution >= 4 is 0 Å². The molecule has 94 valence electrons. The summed E-state index contributed by atoms with van der Waals surface area (Å²) in [6.45, 7) is 0.269. The van der Waals surface area contributed by atoms with Gasteiger partial charge in [-0.2, -0.15) is 0 Å². The van der Waals surface area contributed by atoms with Crippen LogP contribution in [0.3, 0.4) is 0 Å². The summed E-state index contributed by atoms with van der Waals surface area (Å²) in [6, 6.07) is 11.3. The van der Waals surface area contributed by atoms with Crippen molar-refractivity contribution in [2.75, 3.05) is 6.61 Å². The Balaban J connectivity index is 1.93. The Labute approximate surface area is 105 Å². The lowest BCUT2D eigenvalue weighted by molar-refractivity contribution is 0.275. The number of pyridine rings is 1. The van der Waals surface area contributed by atoms with Gasteiger partial charge in [0.1, 0.15) is 0 Å². The maximum atomic E-state index is 11.6. The maximum absolute atomic E-state index is 11.6. The first-order valence-electron chi connectivity index (χ1n) is 5.79. The Morgan fingerprint density at radius 1 is 1.22 bits per heavy atom. The highest BCUT2D eigenvalue weighted by Crippen LogP contribution is 2.04. The van der Waals surface area contributed by atoms with E-state index in [-0.39, 0.29) is 17.8 Å². The molecule has 2 N–H and O–H groups in total. The summed E-state index contributed by atoms with van der Waals surface area (Å²) >= 11 is 0. The van der Waals surface area contributed by atoms with Crippen molar-refractivity contribution in [1.82, 2.24) is 4.98 Å². The molecule has 0 aliphatic carbocycles. The van der Waals surface area contributed by atoms with Gasteiger partial charge in [0.05, 0.1) is 13.2 Å².